The van der Waals surface area contributed by atoms with Gasteiger partial charge in [-0.25, -0.2) is 4.98 Å². The quantitative estimate of drug-likeness (QED) is 0.809. The molecule has 1 N–H and O–H groups in total. The molecule has 0 bridgehead atoms. The van der Waals surface area contributed by atoms with Gasteiger partial charge in [0.2, 0.25) is 0 Å². The summed E-state index contributed by atoms with van der Waals surface area (Å²) in [6.45, 7) is 2.91. The molecule has 1 aliphatic rings. The second-order valence-corrected chi connectivity index (χ2v) is 4.11. The van der Waals surface area contributed by atoms with Crippen molar-refractivity contribution < 1.29 is 5.11 Å². The normalized spacial score (nSPS) is 19.8. The number of nitriles is 1. The lowest BCUT2D eigenvalue weighted by Crippen LogP contribution is -2.33. The maximum Gasteiger partial charge on any atom is 0.147 e. The lowest BCUT2D eigenvalue weighted by Gasteiger charge is -2.25. The van der Waals surface area contributed by atoms with E-state index in [1.54, 1.807) is 6.07 Å². The molecular weight excluding hydrogens is 202 g/mol. The predicted molar refractivity (Wildman–Crippen MR) is 61.1 cm³/mol. The van der Waals surface area contributed by atoms with Crippen LogP contribution in [0.2, 0.25) is 0 Å². The molecule has 2 rings (SSSR count). The predicted octanol–water partition coefficient (Wildman–Crippen LogP) is 1.22. The van der Waals surface area contributed by atoms with E-state index in [1.165, 1.54) is 0 Å². The fraction of sp³-hybridized carbons (Fsp3) is 0.500. The summed E-state index contributed by atoms with van der Waals surface area (Å²) in [5.74, 6) is 0.721. The molecule has 0 radical (unpaired) electrons. The molecule has 0 spiro atoms. The van der Waals surface area contributed by atoms with E-state index in [1.807, 2.05) is 17.9 Å². The van der Waals surface area contributed by atoms with Crippen molar-refractivity contribution in [3.05, 3.63) is 23.4 Å². The van der Waals surface area contributed by atoms with Crippen LogP contribution in [-0.4, -0.2) is 29.3 Å². The number of hydrogen-bond acceptors (Lipinski definition) is 4. The topological polar surface area (TPSA) is 60.2 Å². The van der Waals surface area contributed by atoms with Crippen molar-refractivity contribution >= 4 is 5.82 Å². The van der Waals surface area contributed by atoms with Crippen molar-refractivity contribution in [1.29, 1.82) is 5.26 Å². The van der Waals surface area contributed by atoms with E-state index >= 15 is 0 Å². The molecule has 0 aliphatic carbocycles. The van der Waals surface area contributed by atoms with E-state index in [0.29, 0.717) is 5.56 Å². The summed E-state index contributed by atoms with van der Waals surface area (Å²) in [7, 11) is 0. The molecule has 1 fully saturated rings. The number of pyridine rings is 1. The molecule has 4 heteroatoms. The number of hydrogen-bond donors (Lipinski definition) is 1. The number of rotatable bonds is 2. The van der Waals surface area contributed by atoms with Gasteiger partial charge in [-0.1, -0.05) is 0 Å². The van der Waals surface area contributed by atoms with Gasteiger partial charge in [0.1, 0.15) is 11.9 Å². The Morgan fingerprint density at radius 2 is 2.44 bits per heavy atom. The highest BCUT2D eigenvalue weighted by Crippen LogP contribution is 2.26. The first-order valence-corrected chi connectivity index (χ1v) is 5.51. The molecule has 2 heterocycles. The van der Waals surface area contributed by atoms with Gasteiger partial charge in [-0.3, -0.25) is 0 Å². The Balaban J connectivity index is 2.39. The van der Waals surface area contributed by atoms with Crippen LogP contribution in [0.4, 0.5) is 5.82 Å². The van der Waals surface area contributed by atoms with E-state index in [2.05, 4.69) is 11.1 Å². The minimum atomic E-state index is 0.112. The Kier molecular flexibility index (Phi) is 3.07. The van der Waals surface area contributed by atoms with Crippen LogP contribution in [0.25, 0.3) is 0 Å². The fourth-order valence-electron chi connectivity index (χ4n) is 2.15. The largest absolute Gasteiger partial charge is 0.394 e. The molecule has 0 amide bonds. The van der Waals surface area contributed by atoms with Crippen LogP contribution in [-0.2, 0) is 0 Å². The van der Waals surface area contributed by atoms with Crippen molar-refractivity contribution in [2.45, 2.75) is 25.8 Å². The van der Waals surface area contributed by atoms with Gasteiger partial charge in [-0.05, 0) is 31.9 Å². The van der Waals surface area contributed by atoms with Gasteiger partial charge in [0, 0.05) is 12.2 Å². The van der Waals surface area contributed by atoms with E-state index < -0.39 is 0 Å². The molecular formula is C12H15N3O. The molecule has 1 aliphatic heterocycles. The van der Waals surface area contributed by atoms with Gasteiger partial charge < -0.3 is 10.0 Å². The second-order valence-electron chi connectivity index (χ2n) is 4.11. The van der Waals surface area contributed by atoms with Crippen molar-refractivity contribution in [3.8, 4) is 6.07 Å². The summed E-state index contributed by atoms with van der Waals surface area (Å²) in [6.07, 6.45) is 2.02. The van der Waals surface area contributed by atoms with Crippen molar-refractivity contribution in [3.63, 3.8) is 0 Å². The summed E-state index contributed by atoms with van der Waals surface area (Å²) >= 11 is 0. The van der Waals surface area contributed by atoms with Gasteiger partial charge >= 0.3 is 0 Å². The number of nitrogens with zero attached hydrogens (tertiary/aromatic N) is 3. The molecule has 1 unspecified atom stereocenters. The fourth-order valence-corrected chi connectivity index (χ4v) is 2.15. The Morgan fingerprint density at radius 3 is 3.12 bits per heavy atom. The zero-order valence-electron chi connectivity index (χ0n) is 9.35. The Hall–Kier alpha value is -1.60. The Morgan fingerprint density at radius 1 is 1.62 bits per heavy atom. The molecule has 0 aromatic carbocycles. The first-order chi connectivity index (χ1) is 7.76. The minimum absolute atomic E-state index is 0.112. The lowest BCUT2D eigenvalue weighted by molar-refractivity contribution is 0.266. The average Bonchev–Trinajstić information content (AvgIpc) is 2.76. The molecule has 1 aromatic rings. The van der Waals surface area contributed by atoms with Crippen LogP contribution < -0.4 is 4.90 Å². The Labute approximate surface area is 95.1 Å². The first-order valence-electron chi connectivity index (χ1n) is 5.51. The molecule has 16 heavy (non-hydrogen) atoms. The standard InChI is InChI=1S/C12H15N3O/c1-9-4-5-10(7-13)12(14-9)15-6-2-3-11(15)8-16/h4-5,11,16H,2-3,6,8H2,1H3. The van der Waals surface area contributed by atoms with Gasteiger partial charge in [0.15, 0.2) is 0 Å². The third kappa shape index (κ3) is 1.86. The maximum atomic E-state index is 9.28. The number of aliphatic hydroxyl groups is 1. The second kappa shape index (κ2) is 4.50. The zero-order chi connectivity index (χ0) is 11.5. The van der Waals surface area contributed by atoms with Crippen LogP contribution >= 0.6 is 0 Å². The highest BCUT2D eigenvalue weighted by atomic mass is 16.3. The summed E-state index contributed by atoms with van der Waals surface area (Å²) < 4.78 is 0. The van der Waals surface area contributed by atoms with Crippen molar-refractivity contribution in [2.24, 2.45) is 0 Å². The number of aliphatic hydroxyl groups excluding tert-OH is 1. The van der Waals surface area contributed by atoms with Crippen molar-refractivity contribution in [1.82, 2.24) is 4.98 Å². The van der Waals surface area contributed by atoms with Crippen LogP contribution in [0.15, 0.2) is 12.1 Å². The average molecular weight is 217 g/mol. The Bertz CT molecular complexity index is 425. The highest BCUT2D eigenvalue weighted by molar-refractivity contribution is 5.55. The summed E-state index contributed by atoms with van der Waals surface area (Å²) in [5.41, 5.74) is 1.49. The summed E-state index contributed by atoms with van der Waals surface area (Å²) in [6, 6.07) is 5.91. The third-order valence-electron chi connectivity index (χ3n) is 2.99. The number of anilines is 1. The molecule has 4 nitrogen and oxygen atoms in total. The number of aryl methyl sites for hydroxylation is 1. The van der Waals surface area contributed by atoms with Crippen molar-refractivity contribution in [2.75, 3.05) is 18.1 Å². The van der Waals surface area contributed by atoms with Gasteiger partial charge in [0.05, 0.1) is 18.2 Å². The summed E-state index contributed by atoms with van der Waals surface area (Å²) in [4.78, 5) is 6.46. The lowest BCUT2D eigenvalue weighted by atomic mass is 10.2. The molecule has 1 saturated heterocycles. The van der Waals surface area contributed by atoms with E-state index in [4.69, 9.17) is 5.26 Å². The number of aromatic nitrogens is 1. The van der Waals surface area contributed by atoms with Gasteiger partial charge in [0.25, 0.3) is 0 Å². The van der Waals surface area contributed by atoms with E-state index in [-0.39, 0.29) is 12.6 Å². The minimum Gasteiger partial charge on any atom is -0.394 e. The van der Waals surface area contributed by atoms with Crippen LogP contribution in [0, 0.1) is 18.3 Å². The van der Waals surface area contributed by atoms with E-state index in [9.17, 15) is 5.11 Å². The van der Waals surface area contributed by atoms with Gasteiger partial charge in [-0.2, -0.15) is 5.26 Å². The maximum absolute atomic E-state index is 9.28. The van der Waals surface area contributed by atoms with Crippen LogP contribution in [0.3, 0.4) is 0 Å². The monoisotopic (exact) mass is 217 g/mol. The smallest absolute Gasteiger partial charge is 0.147 e. The molecule has 0 saturated carbocycles. The highest BCUT2D eigenvalue weighted by Gasteiger charge is 2.26. The molecule has 1 aromatic heterocycles. The zero-order valence-corrected chi connectivity index (χ0v) is 9.35. The first kappa shape index (κ1) is 10.9. The van der Waals surface area contributed by atoms with E-state index in [0.717, 1.165) is 30.9 Å². The SMILES string of the molecule is Cc1ccc(C#N)c(N2CCCC2CO)n1. The van der Waals surface area contributed by atoms with Crippen LogP contribution in [0.5, 0.6) is 0 Å². The molecule has 1 atom stereocenters. The molecule has 84 valence electrons. The van der Waals surface area contributed by atoms with Crippen LogP contribution in [0.1, 0.15) is 24.1 Å². The third-order valence-corrected chi connectivity index (χ3v) is 2.99. The van der Waals surface area contributed by atoms with Gasteiger partial charge in [-0.15, -0.1) is 0 Å². The summed E-state index contributed by atoms with van der Waals surface area (Å²) in [5, 5.41) is 18.3.